The van der Waals surface area contributed by atoms with E-state index in [1.165, 1.54) is 82.0 Å². The second-order valence-electron chi connectivity index (χ2n) is 5.60. The van der Waals surface area contributed by atoms with Crippen LogP contribution in [0.15, 0.2) is 0 Å². The van der Waals surface area contributed by atoms with Crippen molar-refractivity contribution >= 4 is 0 Å². The Bertz CT molecular complexity index is 146. The second-order valence-corrected chi connectivity index (χ2v) is 5.60. The summed E-state index contributed by atoms with van der Waals surface area (Å²) >= 11 is 0. The van der Waals surface area contributed by atoms with Gasteiger partial charge < -0.3 is 4.48 Å². The number of rotatable bonds is 12. The molecule has 0 aromatic heterocycles. The Morgan fingerprint density at radius 2 is 1.00 bits per heavy atom. The third-order valence-corrected chi connectivity index (χ3v) is 4.13. The molecule has 0 heterocycles. The van der Waals surface area contributed by atoms with Crippen molar-refractivity contribution in [3.05, 3.63) is 0 Å². The van der Waals surface area contributed by atoms with Gasteiger partial charge in [0.1, 0.15) is 0 Å². The van der Waals surface area contributed by atoms with Crippen LogP contribution in [0.3, 0.4) is 0 Å². The molecule has 17 heavy (non-hydrogen) atoms. The first kappa shape index (κ1) is 17.0. The predicted molar refractivity (Wildman–Crippen MR) is 79.4 cm³/mol. The van der Waals surface area contributed by atoms with Gasteiger partial charge in [0.25, 0.3) is 0 Å². The highest BCUT2D eigenvalue weighted by Crippen LogP contribution is 2.15. The smallest absolute Gasteiger partial charge is 0.0786 e. The number of unbranched alkanes of at least 4 members (excludes halogenated alkanes) is 5. The minimum absolute atomic E-state index is 1.34. The molecule has 0 spiro atoms. The maximum atomic E-state index is 2.39. The van der Waals surface area contributed by atoms with Crippen LogP contribution in [0.4, 0.5) is 0 Å². The van der Waals surface area contributed by atoms with Crippen molar-refractivity contribution in [2.24, 2.45) is 0 Å². The van der Waals surface area contributed by atoms with E-state index in [4.69, 9.17) is 0 Å². The molecule has 0 amide bonds. The van der Waals surface area contributed by atoms with Crippen molar-refractivity contribution in [2.45, 2.75) is 79.1 Å². The topological polar surface area (TPSA) is 0 Å². The predicted octanol–water partition coefficient (Wildman–Crippen LogP) is 5.00. The molecule has 0 fully saturated rings. The molecule has 0 saturated heterocycles. The normalized spacial score (nSPS) is 12.0. The van der Waals surface area contributed by atoms with Crippen LogP contribution in [-0.2, 0) is 0 Å². The van der Waals surface area contributed by atoms with Gasteiger partial charge in [0.2, 0.25) is 0 Å². The Hall–Kier alpha value is -0.0400. The molecule has 0 bridgehead atoms. The highest BCUT2D eigenvalue weighted by molar-refractivity contribution is 4.48. The molecule has 0 rings (SSSR count). The van der Waals surface area contributed by atoms with Crippen LogP contribution in [0, 0.1) is 0 Å². The fourth-order valence-corrected chi connectivity index (χ4v) is 2.67. The van der Waals surface area contributed by atoms with E-state index < -0.39 is 0 Å². The summed E-state index contributed by atoms with van der Waals surface area (Å²) in [5, 5.41) is 0. The van der Waals surface area contributed by atoms with Gasteiger partial charge in [-0.25, -0.2) is 0 Å². The SMILES string of the molecule is CCCCCC[N+](CC)(CCCC)CCCC. The Morgan fingerprint density at radius 1 is 0.529 bits per heavy atom. The maximum absolute atomic E-state index is 2.39. The standard InChI is InChI=1S/C16H36N/c1-5-9-12-13-16-17(8-4,14-10-6-2)15-11-7-3/h5-16H2,1-4H3/q+1. The van der Waals surface area contributed by atoms with Crippen LogP contribution in [0.1, 0.15) is 79.1 Å². The van der Waals surface area contributed by atoms with Gasteiger partial charge in [-0.05, 0) is 32.6 Å². The molecule has 0 unspecified atom stereocenters. The molecule has 0 N–H and O–H groups in total. The van der Waals surface area contributed by atoms with E-state index in [1.807, 2.05) is 0 Å². The summed E-state index contributed by atoms with van der Waals surface area (Å²) in [6.07, 6.45) is 11.2. The van der Waals surface area contributed by atoms with Gasteiger partial charge in [-0.2, -0.15) is 0 Å². The summed E-state index contributed by atoms with van der Waals surface area (Å²) in [4.78, 5) is 0. The van der Waals surface area contributed by atoms with Crippen LogP contribution in [0.2, 0.25) is 0 Å². The zero-order valence-electron chi connectivity index (χ0n) is 12.9. The van der Waals surface area contributed by atoms with E-state index in [2.05, 4.69) is 27.7 Å². The fraction of sp³-hybridized carbons (Fsp3) is 1.00. The van der Waals surface area contributed by atoms with E-state index in [1.54, 1.807) is 0 Å². The molecule has 1 nitrogen and oxygen atoms in total. The molecular weight excluding hydrogens is 206 g/mol. The summed E-state index contributed by atoms with van der Waals surface area (Å²) in [6, 6.07) is 0. The molecule has 104 valence electrons. The van der Waals surface area contributed by atoms with Crippen LogP contribution in [-0.4, -0.2) is 30.7 Å². The minimum Gasteiger partial charge on any atom is -0.324 e. The molecule has 0 aliphatic heterocycles. The average Bonchev–Trinajstić information content (AvgIpc) is 2.37. The van der Waals surface area contributed by atoms with Gasteiger partial charge >= 0.3 is 0 Å². The summed E-state index contributed by atoms with van der Waals surface area (Å²) in [7, 11) is 0. The molecule has 0 aliphatic carbocycles. The summed E-state index contributed by atoms with van der Waals surface area (Å²) in [5.41, 5.74) is 0. The van der Waals surface area contributed by atoms with Gasteiger partial charge in [0, 0.05) is 0 Å². The van der Waals surface area contributed by atoms with E-state index in [0.29, 0.717) is 0 Å². The lowest BCUT2D eigenvalue weighted by atomic mass is 10.1. The molecule has 0 aromatic carbocycles. The van der Waals surface area contributed by atoms with Gasteiger partial charge in [-0.1, -0.05) is 46.5 Å². The Morgan fingerprint density at radius 3 is 1.41 bits per heavy atom. The molecule has 1 heteroatoms. The molecule has 0 atom stereocenters. The van der Waals surface area contributed by atoms with Gasteiger partial charge in [-0.15, -0.1) is 0 Å². The molecule has 0 saturated carbocycles. The number of hydrogen-bond acceptors (Lipinski definition) is 0. The Kier molecular flexibility index (Phi) is 11.0. The summed E-state index contributed by atoms with van der Waals surface area (Å²) in [6.45, 7) is 14.9. The second kappa shape index (κ2) is 11.1. The Labute approximate surface area is 110 Å². The highest BCUT2D eigenvalue weighted by atomic mass is 15.3. The Balaban J connectivity index is 4.12. The van der Waals surface area contributed by atoms with Crippen molar-refractivity contribution in [3.63, 3.8) is 0 Å². The highest BCUT2D eigenvalue weighted by Gasteiger charge is 2.23. The van der Waals surface area contributed by atoms with Crippen molar-refractivity contribution in [3.8, 4) is 0 Å². The monoisotopic (exact) mass is 242 g/mol. The fourth-order valence-electron chi connectivity index (χ4n) is 2.67. The maximum Gasteiger partial charge on any atom is 0.0786 e. The van der Waals surface area contributed by atoms with E-state index >= 15 is 0 Å². The van der Waals surface area contributed by atoms with Crippen LogP contribution in [0.5, 0.6) is 0 Å². The molecule has 0 aromatic rings. The minimum atomic E-state index is 1.34. The largest absolute Gasteiger partial charge is 0.324 e. The molecule has 0 radical (unpaired) electrons. The van der Waals surface area contributed by atoms with Crippen molar-refractivity contribution in [2.75, 3.05) is 26.2 Å². The lowest BCUT2D eigenvalue weighted by molar-refractivity contribution is -0.927. The van der Waals surface area contributed by atoms with Crippen LogP contribution < -0.4 is 0 Å². The van der Waals surface area contributed by atoms with Crippen LogP contribution in [0.25, 0.3) is 0 Å². The molecule has 0 aliphatic rings. The first-order valence-electron chi connectivity index (χ1n) is 8.09. The first-order valence-corrected chi connectivity index (χ1v) is 8.09. The summed E-state index contributed by atoms with van der Waals surface area (Å²) < 4.78 is 1.39. The third-order valence-electron chi connectivity index (χ3n) is 4.13. The average molecular weight is 242 g/mol. The number of quaternary nitrogens is 1. The number of nitrogens with zero attached hydrogens (tertiary/aromatic N) is 1. The number of hydrogen-bond donors (Lipinski definition) is 0. The van der Waals surface area contributed by atoms with E-state index in [9.17, 15) is 0 Å². The van der Waals surface area contributed by atoms with Crippen molar-refractivity contribution < 1.29 is 4.48 Å². The van der Waals surface area contributed by atoms with Gasteiger partial charge in [0.05, 0.1) is 26.2 Å². The molecular formula is C16H36N+. The first-order chi connectivity index (χ1) is 8.24. The van der Waals surface area contributed by atoms with Crippen LogP contribution >= 0.6 is 0 Å². The van der Waals surface area contributed by atoms with Gasteiger partial charge in [-0.3, -0.25) is 0 Å². The lowest BCUT2D eigenvalue weighted by Gasteiger charge is -2.38. The zero-order chi connectivity index (χ0) is 13.0. The third kappa shape index (κ3) is 7.81. The summed E-state index contributed by atoms with van der Waals surface area (Å²) in [5.74, 6) is 0. The zero-order valence-corrected chi connectivity index (χ0v) is 12.9. The van der Waals surface area contributed by atoms with Gasteiger partial charge in [0.15, 0.2) is 0 Å². The van der Waals surface area contributed by atoms with E-state index in [-0.39, 0.29) is 0 Å². The quantitative estimate of drug-likeness (QED) is 0.333. The van der Waals surface area contributed by atoms with E-state index in [0.717, 1.165) is 0 Å². The van der Waals surface area contributed by atoms with Crippen molar-refractivity contribution in [1.29, 1.82) is 0 Å². The lowest BCUT2D eigenvalue weighted by Crippen LogP contribution is -2.49. The van der Waals surface area contributed by atoms with Crippen molar-refractivity contribution in [1.82, 2.24) is 0 Å².